The van der Waals surface area contributed by atoms with E-state index >= 15 is 0 Å². The number of likely N-dealkylation sites (N-methyl/N-ethyl adjacent to an activating group) is 1. The number of halogens is 2. The van der Waals surface area contributed by atoms with Crippen LogP contribution >= 0.6 is 23.2 Å². The van der Waals surface area contributed by atoms with E-state index < -0.39 is 6.10 Å². The Morgan fingerprint density at radius 1 is 1.47 bits per heavy atom. The topological polar surface area (TPSA) is 29.5 Å². The summed E-state index contributed by atoms with van der Waals surface area (Å²) in [7, 11) is 0. The Labute approximate surface area is 124 Å². The van der Waals surface area contributed by atoms with Gasteiger partial charge >= 0.3 is 0 Å². The molecule has 0 saturated heterocycles. The molecule has 0 aromatic heterocycles. The van der Waals surface area contributed by atoms with E-state index in [0.717, 1.165) is 6.42 Å². The number of hydrogen-bond donors (Lipinski definition) is 0. The maximum Gasteiger partial charge on any atom is 0.263 e. The lowest BCUT2D eigenvalue weighted by Gasteiger charge is -2.24. The van der Waals surface area contributed by atoms with E-state index in [-0.39, 0.29) is 5.91 Å². The van der Waals surface area contributed by atoms with Crippen molar-refractivity contribution in [2.75, 3.05) is 19.0 Å². The Kier molecular flexibility index (Phi) is 7.03. The van der Waals surface area contributed by atoms with Crippen LogP contribution in [0.1, 0.15) is 20.3 Å². The quantitative estimate of drug-likeness (QED) is 0.721. The Hall–Kier alpha value is -0.930. The molecule has 1 aromatic rings. The molecule has 0 aliphatic rings. The van der Waals surface area contributed by atoms with Gasteiger partial charge in [0.1, 0.15) is 5.75 Å². The molecule has 0 heterocycles. The van der Waals surface area contributed by atoms with Crippen LogP contribution in [0.5, 0.6) is 5.75 Å². The van der Waals surface area contributed by atoms with Gasteiger partial charge in [-0.25, -0.2) is 0 Å². The molecule has 0 fully saturated rings. The first-order chi connectivity index (χ1) is 9.08. The minimum atomic E-state index is -0.534. The first-order valence-electron chi connectivity index (χ1n) is 6.35. The number of nitrogens with zero attached hydrogens (tertiary/aromatic N) is 1. The summed E-state index contributed by atoms with van der Waals surface area (Å²) in [5.41, 5.74) is 0. The lowest BCUT2D eigenvalue weighted by Crippen LogP contribution is -2.41. The number of carbonyl (C=O) groups is 1. The highest BCUT2D eigenvalue weighted by molar-refractivity contribution is 6.30. The number of alkyl halides is 1. The summed E-state index contributed by atoms with van der Waals surface area (Å²) in [6, 6.07) is 7.03. The van der Waals surface area contributed by atoms with Crippen molar-refractivity contribution in [2.24, 2.45) is 0 Å². The fourth-order valence-corrected chi connectivity index (χ4v) is 2.03. The zero-order chi connectivity index (χ0) is 14.3. The molecule has 0 spiro atoms. The normalized spacial score (nSPS) is 12.0. The van der Waals surface area contributed by atoms with Gasteiger partial charge in [-0.15, -0.1) is 11.6 Å². The third-order valence-electron chi connectivity index (χ3n) is 2.71. The molecule has 0 aliphatic carbocycles. The lowest BCUT2D eigenvalue weighted by molar-refractivity contribution is -0.137. The van der Waals surface area contributed by atoms with Crippen LogP contribution in [-0.2, 0) is 4.79 Å². The highest BCUT2D eigenvalue weighted by Gasteiger charge is 2.20. The molecule has 0 saturated carbocycles. The van der Waals surface area contributed by atoms with Crippen molar-refractivity contribution in [1.29, 1.82) is 0 Å². The second kappa shape index (κ2) is 8.28. The predicted octanol–water partition coefficient (Wildman–Crippen LogP) is 3.58. The molecule has 19 heavy (non-hydrogen) atoms. The van der Waals surface area contributed by atoms with Crippen LogP contribution in [0.15, 0.2) is 24.3 Å². The lowest BCUT2D eigenvalue weighted by atomic mass is 10.3. The number of hydrogen-bond acceptors (Lipinski definition) is 2. The minimum Gasteiger partial charge on any atom is -0.481 e. The van der Waals surface area contributed by atoms with Crippen molar-refractivity contribution in [3.63, 3.8) is 0 Å². The third kappa shape index (κ3) is 5.29. The van der Waals surface area contributed by atoms with E-state index in [1.807, 2.05) is 6.92 Å². The summed E-state index contributed by atoms with van der Waals surface area (Å²) in [5.74, 6) is 1.11. The molecule has 0 N–H and O–H groups in total. The van der Waals surface area contributed by atoms with Gasteiger partial charge in [0.15, 0.2) is 6.10 Å². The monoisotopic (exact) mass is 303 g/mol. The maximum atomic E-state index is 12.2. The highest BCUT2D eigenvalue weighted by atomic mass is 35.5. The molecule has 1 unspecified atom stereocenters. The van der Waals surface area contributed by atoms with Crippen molar-refractivity contribution in [3.8, 4) is 5.75 Å². The van der Waals surface area contributed by atoms with Gasteiger partial charge in [-0.2, -0.15) is 0 Å². The van der Waals surface area contributed by atoms with Crippen LogP contribution in [-0.4, -0.2) is 35.9 Å². The van der Waals surface area contributed by atoms with Crippen molar-refractivity contribution < 1.29 is 9.53 Å². The fraction of sp³-hybridized carbons (Fsp3) is 0.500. The molecule has 1 amide bonds. The van der Waals surface area contributed by atoms with E-state index in [1.54, 1.807) is 36.1 Å². The minimum absolute atomic E-state index is 0.0346. The van der Waals surface area contributed by atoms with E-state index in [0.29, 0.717) is 29.7 Å². The first kappa shape index (κ1) is 16.1. The second-order valence-electron chi connectivity index (χ2n) is 4.18. The molecule has 5 heteroatoms. The Balaban J connectivity index is 2.60. The first-order valence-corrected chi connectivity index (χ1v) is 7.26. The van der Waals surface area contributed by atoms with Gasteiger partial charge in [-0.1, -0.05) is 17.7 Å². The third-order valence-corrected chi connectivity index (χ3v) is 3.21. The highest BCUT2D eigenvalue weighted by Crippen LogP contribution is 2.18. The van der Waals surface area contributed by atoms with E-state index in [9.17, 15) is 4.79 Å². The molecule has 106 valence electrons. The molecule has 0 radical (unpaired) electrons. The van der Waals surface area contributed by atoms with Crippen LogP contribution in [0, 0.1) is 0 Å². The van der Waals surface area contributed by atoms with Gasteiger partial charge in [0.05, 0.1) is 0 Å². The van der Waals surface area contributed by atoms with Crippen LogP contribution in [0.4, 0.5) is 0 Å². The largest absolute Gasteiger partial charge is 0.481 e. The fourth-order valence-electron chi connectivity index (χ4n) is 1.73. The van der Waals surface area contributed by atoms with Gasteiger partial charge in [0.25, 0.3) is 5.91 Å². The number of carbonyl (C=O) groups excluding carboxylic acids is 1. The summed E-state index contributed by atoms with van der Waals surface area (Å²) in [5, 5.41) is 0.589. The average Bonchev–Trinajstić information content (AvgIpc) is 2.39. The second-order valence-corrected chi connectivity index (χ2v) is 4.99. The Bertz CT molecular complexity index is 412. The predicted molar refractivity (Wildman–Crippen MR) is 79.1 cm³/mol. The van der Waals surface area contributed by atoms with Crippen LogP contribution in [0.25, 0.3) is 0 Å². The number of rotatable bonds is 7. The van der Waals surface area contributed by atoms with E-state index in [2.05, 4.69) is 0 Å². The summed E-state index contributed by atoms with van der Waals surface area (Å²) in [6.45, 7) is 4.99. The summed E-state index contributed by atoms with van der Waals surface area (Å²) in [4.78, 5) is 13.9. The van der Waals surface area contributed by atoms with Crippen LogP contribution in [0.2, 0.25) is 5.02 Å². The molecule has 0 aliphatic heterocycles. The summed E-state index contributed by atoms with van der Waals surface area (Å²) >= 11 is 11.5. The molecule has 1 rings (SSSR count). The number of amides is 1. The Morgan fingerprint density at radius 2 is 2.21 bits per heavy atom. The summed E-state index contributed by atoms with van der Waals surface area (Å²) in [6.07, 6.45) is 0.249. The van der Waals surface area contributed by atoms with Crippen molar-refractivity contribution >= 4 is 29.1 Å². The van der Waals surface area contributed by atoms with E-state index in [1.165, 1.54) is 0 Å². The molecule has 3 nitrogen and oxygen atoms in total. The zero-order valence-corrected chi connectivity index (χ0v) is 12.7. The van der Waals surface area contributed by atoms with Crippen molar-refractivity contribution in [2.45, 2.75) is 26.4 Å². The van der Waals surface area contributed by atoms with Crippen molar-refractivity contribution in [1.82, 2.24) is 4.90 Å². The SMILES string of the molecule is CCN(CCCCl)C(=O)C(C)Oc1cccc(Cl)c1. The molecule has 0 bridgehead atoms. The zero-order valence-electron chi connectivity index (χ0n) is 11.2. The Morgan fingerprint density at radius 3 is 2.79 bits per heavy atom. The average molecular weight is 304 g/mol. The van der Waals surface area contributed by atoms with Gasteiger partial charge in [0, 0.05) is 24.0 Å². The number of benzene rings is 1. The number of ether oxygens (including phenoxy) is 1. The van der Waals surface area contributed by atoms with Crippen LogP contribution < -0.4 is 4.74 Å². The maximum absolute atomic E-state index is 12.2. The summed E-state index contributed by atoms with van der Waals surface area (Å²) < 4.78 is 5.61. The van der Waals surface area contributed by atoms with Gasteiger partial charge < -0.3 is 9.64 Å². The van der Waals surface area contributed by atoms with Gasteiger partial charge in [0.2, 0.25) is 0 Å². The van der Waals surface area contributed by atoms with E-state index in [4.69, 9.17) is 27.9 Å². The van der Waals surface area contributed by atoms with Gasteiger partial charge in [-0.3, -0.25) is 4.79 Å². The molecular weight excluding hydrogens is 285 g/mol. The smallest absolute Gasteiger partial charge is 0.263 e. The molecular formula is C14H19Cl2NO2. The van der Waals surface area contributed by atoms with Crippen molar-refractivity contribution in [3.05, 3.63) is 29.3 Å². The molecule has 1 aromatic carbocycles. The standard InChI is InChI=1S/C14H19Cl2NO2/c1-3-17(9-5-8-15)14(18)11(2)19-13-7-4-6-12(16)10-13/h4,6-7,10-11H,3,5,8-9H2,1-2H3. The molecule has 1 atom stereocenters. The van der Waals surface area contributed by atoms with Crippen LogP contribution in [0.3, 0.4) is 0 Å². The van der Waals surface area contributed by atoms with Gasteiger partial charge in [-0.05, 0) is 38.5 Å².